The number of rotatable bonds is 8. The van der Waals surface area contributed by atoms with E-state index in [1.54, 1.807) is 6.92 Å². The number of hydrogen-bond acceptors (Lipinski definition) is 8. The smallest absolute Gasteiger partial charge is 0.286 e. The summed E-state index contributed by atoms with van der Waals surface area (Å²) in [4.78, 5) is 24.2. The van der Waals surface area contributed by atoms with Crippen molar-refractivity contribution in [3.63, 3.8) is 0 Å². The normalized spacial score (nSPS) is 16.2. The van der Waals surface area contributed by atoms with Crippen LogP contribution in [0.1, 0.15) is 35.7 Å². The molecular formula is C23H26N2O8. The lowest BCUT2D eigenvalue weighted by Crippen LogP contribution is -2.44. The second-order valence-corrected chi connectivity index (χ2v) is 7.85. The van der Waals surface area contributed by atoms with Crippen molar-refractivity contribution in [1.82, 2.24) is 5.32 Å². The van der Waals surface area contributed by atoms with E-state index < -0.39 is 16.2 Å². The molecule has 33 heavy (non-hydrogen) atoms. The number of fused-ring (bicyclic) bond motifs is 1. The molecule has 2 aliphatic rings. The molecule has 10 nitrogen and oxygen atoms in total. The molecule has 10 heteroatoms. The highest BCUT2D eigenvalue weighted by atomic mass is 16.7. The summed E-state index contributed by atoms with van der Waals surface area (Å²) >= 11 is 0. The minimum absolute atomic E-state index is 0.0896. The maximum Gasteiger partial charge on any atom is 0.286 e. The van der Waals surface area contributed by atoms with Crippen molar-refractivity contribution in [2.24, 2.45) is 0 Å². The highest BCUT2D eigenvalue weighted by Gasteiger charge is 2.37. The van der Waals surface area contributed by atoms with Crippen LogP contribution in [0.25, 0.3) is 0 Å². The molecule has 2 aromatic carbocycles. The van der Waals surface area contributed by atoms with Gasteiger partial charge in [-0.15, -0.1) is 0 Å². The monoisotopic (exact) mass is 458 g/mol. The summed E-state index contributed by atoms with van der Waals surface area (Å²) in [6, 6.07) is 8.32. The van der Waals surface area contributed by atoms with Gasteiger partial charge in [-0.05, 0) is 37.5 Å². The number of benzene rings is 2. The summed E-state index contributed by atoms with van der Waals surface area (Å²) in [6.07, 6.45) is 1.36. The van der Waals surface area contributed by atoms with Gasteiger partial charge in [-0.2, -0.15) is 0 Å². The Kier molecular flexibility index (Phi) is 6.55. The predicted molar refractivity (Wildman–Crippen MR) is 117 cm³/mol. The van der Waals surface area contributed by atoms with Crippen LogP contribution in [0, 0.1) is 10.1 Å². The molecule has 2 aromatic rings. The van der Waals surface area contributed by atoms with Gasteiger partial charge in [0.1, 0.15) is 5.56 Å². The summed E-state index contributed by atoms with van der Waals surface area (Å²) in [6.45, 7) is 3.60. The molecule has 2 aliphatic heterocycles. The fourth-order valence-electron chi connectivity index (χ4n) is 4.21. The van der Waals surface area contributed by atoms with Gasteiger partial charge in [0, 0.05) is 31.2 Å². The third-order valence-electron chi connectivity index (χ3n) is 6.05. The molecule has 0 atom stereocenters. The van der Waals surface area contributed by atoms with Gasteiger partial charge in [-0.25, -0.2) is 0 Å². The Balaban J connectivity index is 1.61. The maximum atomic E-state index is 13.1. The van der Waals surface area contributed by atoms with Gasteiger partial charge >= 0.3 is 0 Å². The number of carbonyl (C=O) groups is 1. The first-order chi connectivity index (χ1) is 16.0. The maximum absolute atomic E-state index is 13.1. The number of nitrogens with zero attached hydrogens (tertiary/aromatic N) is 1. The molecule has 1 amide bonds. The zero-order valence-electron chi connectivity index (χ0n) is 18.5. The molecule has 1 saturated heterocycles. The van der Waals surface area contributed by atoms with Crippen LogP contribution < -0.4 is 24.3 Å². The van der Waals surface area contributed by atoms with Crippen molar-refractivity contribution in [2.75, 3.05) is 40.3 Å². The summed E-state index contributed by atoms with van der Waals surface area (Å²) < 4.78 is 27.2. The fourth-order valence-corrected chi connectivity index (χ4v) is 4.21. The topological polar surface area (TPSA) is 118 Å². The van der Waals surface area contributed by atoms with Gasteiger partial charge in [0.05, 0.1) is 24.7 Å². The first kappa shape index (κ1) is 22.7. The Hall–Kier alpha value is -3.53. The van der Waals surface area contributed by atoms with Gasteiger partial charge < -0.3 is 29.0 Å². The van der Waals surface area contributed by atoms with Gasteiger partial charge in [0.25, 0.3) is 11.6 Å². The lowest BCUT2D eigenvalue weighted by Gasteiger charge is -2.38. The first-order valence-electron chi connectivity index (χ1n) is 10.7. The van der Waals surface area contributed by atoms with E-state index in [1.165, 1.54) is 19.2 Å². The number of amides is 1. The number of nitro groups is 1. The third kappa shape index (κ3) is 4.51. The summed E-state index contributed by atoms with van der Waals surface area (Å²) in [5.74, 6) is 1.25. The second kappa shape index (κ2) is 9.53. The standard InChI is InChI=1S/C23H26N2O8/c1-3-31-21-12-17(25(27)28)16(11-19(21)29-2)22(26)24-13-23(6-8-30-9-7-23)15-4-5-18-20(10-15)33-14-32-18/h4-5,10-12H,3,6-9,13-14H2,1-2H3,(H,24,26). The lowest BCUT2D eigenvalue weighted by atomic mass is 9.74. The van der Waals surface area contributed by atoms with E-state index >= 15 is 0 Å². The molecule has 0 bridgehead atoms. The fraction of sp³-hybridized carbons (Fsp3) is 0.435. The van der Waals surface area contributed by atoms with E-state index in [-0.39, 0.29) is 36.1 Å². The predicted octanol–water partition coefficient (Wildman–Crippen LogP) is 3.21. The van der Waals surface area contributed by atoms with Crippen LogP contribution in [-0.4, -0.2) is 51.1 Å². The summed E-state index contributed by atoms with van der Waals surface area (Å²) in [7, 11) is 1.42. The Bertz CT molecular complexity index is 1050. The van der Waals surface area contributed by atoms with Crippen LogP contribution >= 0.6 is 0 Å². The summed E-state index contributed by atoms with van der Waals surface area (Å²) in [5, 5.41) is 14.6. The molecule has 4 rings (SSSR count). The van der Waals surface area contributed by atoms with Crippen molar-refractivity contribution >= 4 is 11.6 Å². The molecule has 0 unspecified atom stereocenters. The highest BCUT2D eigenvalue weighted by Crippen LogP contribution is 2.41. The van der Waals surface area contributed by atoms with Crippen LogP contribution in [0.2, 0.25) is 0 Å². The van der Waals surface area contributed by atoms with Crippen molar-refractivity contribution in [2.45, 2.75) is 25.2 Å². The molecule has 0 spiro atoms. The Morgan fingerprint density at radius 3 is 2.61 bits per heavy atom. The van der Waals surface area contributed by atoms with E-state index in [0.29, 0.717) is 44.2 Å². The average molecular weight is 458 g/mol. The van der Waals surface area contributed by atoms with E-state index in [9.17, 15) is 14.9 Å². The van der Waals surface area contributed by atoms with E-state index in [1.807, 2.05) is 18.2 Å². The number of ether oxygens (including phenoxy) is 5. The third-order valence-corrected chi connectivity index (χ3v) is 6.05. The molecule has 0 aromatic heterocycles. The lowest BCUT2D eigenvalue weighted by molar-refractivity contribution is -0.385. The van der Waals surface area contributed by atoms with Gasteiger partial charge in [0.2, 0.25) is 6.79 Å². The number of nitrogens with one attached hydrogen (secondary N) is 1. The zero-order chi connectivity index (χ0) is 23.4. The van der Waals surface area contributed by atoms with Crippen LogP contribution in [-0.2, 0) is 10.2 Å². The number of nitro benzene ring substituents is 1. The number of carbonyl (C=O) groups excluding carboxylic acids is 1. The van der Waals surface area contributed by atoms with Gasteiger partial charge in [0.15, 0.2) is 23.0 Å². The van der Waals surface area contributed by atoms with Crippen LogP contribution in [0.3, 0.4) is 0 Å². The molecule has 2 heterocycles. The number of methoxy groups -OCH3 is 1. The quantitative estimate of drug-likeness (QED) is 0.473. The Labute approximate surface area is 190 Å². The largest absolute Gasteiger partial charge is 0.493 e. The van der Waals surface area contributed by atoms with Crippen molar-refractivity contribution < 1.29 is 33.4 Å². The highest BCUT2D eigenvalue weighted by molar-refractivity contribution is 5.99. The molecule has 176 valence electrons. The van der Waals surface area contributed by atoms with Crippen LogP contribution in [0.15, 0.2) is 30.3 Å². The van der Waals surface area contributed by atoms with Gasteiger partial charge in [-0.1, -0.05) is 6.07 Å². The Morgan fingerprint density at radius 1 is 1.15 bits per heavy atom. The van der Waals surface area contributed by atoms with Crippen molar-refractivity contribution in [3.05, 3.63) is 51.6 Å². The van der Waals surface area contributed by atoms with E-state index in [0.717, 1.165) is 5.56 Å². The number of hydrogen-bond donors (Lipinski definition) is 1. The second-order valence-electron chi connectivity index (χ2n) is 7.85. The van der Waals surface area contributed by atoms with E-state index in [2.05, 4.69) is 5.32 Å². The van der Waals surface area contributed by atoms with Crippen molar-refractivity contribution in [3.8, 4) is 23.0 Å². The SMILES string of the molecule is CCOc1cc([N+](=O)[O-])c(C(=O)NCC2(c3ccc4c(c3)OCO4)CCOCC2)cc1OC. The average Bonchev–Trinajstić information content (AvgIpc) is 3.31. The van der Waals surface area contributed by atoms with Crippen molar-refractivity contribution in [1.29, 1.82) is 0 Å². The zero-order valence-corrected chi connectivity index (χ0v) is 18.5. The van der Waals surface area contributed by atoms with Crippen LogP contribution in [0.5, 0.6) is 23.0 Å². The minimum atomic E-state index is -0.598. The van der Waals surface area contributed by atoms with Crippen LogP contribution in [0.4, 0.5) is 5.69 Å². The molecular weight excluding hydrogens is 432 g/mol. The molecule has 1 fully saturated rings. The Morgan fingerprint density at radius 2 is 1.91 bits per heavy atom. The van der Waals surface area contributed by atoms with E-state index in [4.69, 9.17) is 23.7 Å². The molecule has 0 aliphatic carbocycles. The molecule has 1 N–H and O–H groups in total. The minimum Gasteiger partial charge on any atom is -0.493 e. The molecule has 0 saturated carbocycles. The van der Waals surface area contributed by atoms with Gasteiger partial charge in [-0.3, -0.25) is 14.9 Å². The molecule has 0 radical (unpaired) electrons. The first-order valence-corrected chi connectivity index (χ1v) is 10.7. The summed E-state index contributed by atoms with van der Waals surface area (Å²) in [5.41, 5.74) is 0.155.